The van der Waals surface area contributed by atoms with Crippen molar-refractivity contribution in [3.05, 3.63) is 158 Å². The van der Waals surface area contributed by atoms with Gasteiger partial charge in [-0.15, -0.1) is 0 Å². The van der Waals surface area contributed by atoms with Crippen LogP contribution in [-0.2, 0) is 32.7 Å². The zero-order chi connectivity index (χ0) is 57.0. The van der Waals surface area contributed by atoms with E-state index in [0.717, 1.165) is 128 Å². The topological polar surface area (TPSA) is 111 Å². The third kappa shape index (κ3) is 60.9. The summed E-state index contributed by atoms with van der Waals surface area (Å²) in [6.07, 6.45) is 85.7. The van der Waals surface area contributed by atoms with Gasteiger partial charge < -0.3 is 27.9 Å². The molecule has 0 spiro atoms. The highest BCUT2D eigenvalue weighted by Crippen LogP contribution is 2.38. The molecule has 0 aliphatic carbocycles. The van der Waals surface area contributed by atoms with Crippen LogP contribution in [0.15, 0.2) is 158 Å². The van der Waals surface area contributed by atoms with Crippen LogP contribution >= 0.6 is 7.82 Å². The number of hydrogen-bond donors (Lipinski definition) is 0. The summed E-state index contributed by atoms with van der Waals surface area (Å²) in [7, 11) is 1.11. The van der Waals surface area contributed by atoms with E-state index in [2.05, 4.69) is 172 Å². The van der Waals surface area contributed by atoms with E-state index in [9.17, 15) is 19.0 Å². The number of ether oxygens (including phenoxy) is 2. The summed E-state index contributed by atoms with van der Waals surface area (Å²) >= 11 is 0. The molecule has 0 rings (SSSR count). The second kappa shape index (κ2) is 57.3. The Morgan fingerprint density at radius 2 is 0.692 bits per heavy atom. The lowest BCUT2D eigenvalue weighted by Gasteiger charge is -2.28. The third-order valence-corrected chi connectivity index (χ3v) is 13.0. The molecule has 0 fully saturated rings. The Bertz CT molecular complexity index is 1870. The van der Waals surface area contributed by atoms with Crippen LogP contribution in [0.4, 0.5) is 0 Å². The molecule has 78 heavy (non-hydrogen) atoms. The summed E-state index contributed by atoms with van der Waals surface area (Å²) in [5.41, 5.74) is 0. The van der Waals surface area contributed by atoms with E-state index >= 15 is 0 Å². The van der Waals surface area contributed by atoms with E-state index in [1.165, 1.54) is 38.5 Å². The van der Waals surface area contributed by atoms with Gasteiger partial charge in [0.05, 0.1) is 27.7 Å². The second-order valence-electron chi connectivity index (χ2n) is 20.6. The molecule has 10 heteroatoms. The highest BCUT2D eigenvalue weighted by atomic mass is 31.2. The van der Waals surface area contributed by atoms with Gasteiger partial charge in [0, 0.05) is 12.8 Å². The van der Waals surface area contributed by atoms with Gasteiger partial charge in [-0.25, -0.2) is 0 Å². The van der Waals surface area contributed by atoms with Crippen molar-refractivity contribution in [3.63, 3.8) is 0 Å². The first-order chi connectivity index (χ1) is 38.0. The number of hydrogen-bond acceptors (Lipinski definition) is 8. The predicted octanol–water partition coefficient (Wildman–Crippen LogP) is 18.6. The molecule has 0 bridgehead atoms. The van der Waals surface area contributed by atoms with E-state index in [0.29, 0.717) is 23.9 Å². The lowest BCUT2D eigenvalue weighted by atomic mass is 10.1. The minimum absolute atomic E-state index is 0.0479. The first-order valence-corrected chi connectivity index (χ1v) is 31.7. The summed E-state index contributed by atoms with van der Waals surface area (Å²) in [4.78, 5) is 37.9. The van der Waals surface area contributed by atoms with Gasteiger partial charge in [0.25, 0.3) is 7.82 Å². The average Bonchev–Trinajstić information content (AvgIpc) is 3.40. The number of phosphoric acid groups is 1. The van der Waals surface area contributed by atoms with Crippen LogP contribution in [-0.4, -0.2) is 70.0 Å². The molecule has 0 saturated heterocycles. The summed E-state index contributed by atoms with van der Waals surface area (Å²) in [5, 5.41) is 0. The molecule has 0 aliphatic rings. The maximum absolute atomic E-state index is 12.8. The van der Waals surface area contributed by atoms with Gasteiger partial charge in [0.2, 0.25) is 0 Å². The number of carbonyl (C=O) groups is 2. The first-order valence-electron chi connectivity index (χ1n) is 30.2. The zero-order valence-electron chi connectivity index (χ0n) is 49.8. The fourth-order valence-corrected chi connectivity index (χ4v) is 8.19. The summed E-state index contributed by atoms with van der Waals surface area (Å²) < 4.78 is 34.1. The average molecular weight is 1100 g/mol. The lowest BCUT2D eigenvalue weighted by molar-refractivity contribution is -0.870. The number of carbonyl (C=O) groups excluding carboxylic acids is 2. The molecular weight excluding hydrogens is 990 g/mol. The van der Waals surface area contributed by atoms with Crippen molar-refractivity contribution < 1.29 is 42.1 Å². The van der Waals surface area contributed by atoms with Crippen molar-refractivity contribution in [2.24, 2.45) is 0 Å². The number of unbranched alkanes of at least 4 members (excludes halogenated alkanes) is 13. The van der Waals surface area contributed by atoms with E-state index < -0.39 is 32.5 Å². The monoisotopic (exact) mass is 1100 g/mol. The summed E-state index contributed by atoms with van der Waals surface area (Å²) in [5.74, 6) is -0.890. The van der Waals surface area contributed by atoms with Gasteiger partial charge in [-0.1, -0.05) is 230 Å². The van der Waals surface area contributed by atoms with Crippen LogP contribution in [0.5, 0.6) is 0 Å². The van der Waals surface area contributed by atoms with E-state index in [1.807, 2.05) is 21.1 Å². The van der Waals surface area contributed by atoms with Crippen molar-refractivity contribution in [2.75, 3.05) is 47.5 Å². The Labute approximate surface area is 477 Å². The molecule has 2 unspecified atom stereocenters. The number of nitrogens with zero attached hydrogens (tertiary/aromatic N) is 1. The third-order valence-electron chi connectivity index (χ3n) is 12.0. The molecule has 2 atom stereocenters. The van der Waals surface area contributed by atoms with Gasteiger partial charge in [-0.3, -0.25) is 14.2 Å². The molecular formula is C68H110NO8P. The predicted molar refractivity (Wildman–Crippen MR) is 332 cm³/mol. The van der Waals surface area contributed by atoms with Crippen LogP contribution in [0, 0.1) is 0 Å². The molecule has 0 aliphatic heterocycles. The molecule has 0 radical (unpaired) electrons. The van der Waals surface area contributed by atoms with Crippen molar-refractivity contribution in [3.8, 4) is 0 Å². The minimum atomic E-state index is -4.66. The fourth-order valence-electron chi connectivity index (χ4n) is 7.46. The van der Waals surface area contributed by atoms with Crippen molar-refractivity contribution in [1.82, 2.24) is 0 Å². The number of phosphoric ester groups is 1. The van der Waals surface area contributed by atoms with Gasteiger partial charge in [-0.05, 0) is 122 Å². The maximum atomic E-state index is 12.8. The molecule has 0 saturated carbocycles. The van der Waals surface area contributed by atoms with Crippen molar-refractivity contribution in [2.45, 2.75) is 213 Å². The fraction of sp³-hybridized carbons (Fsp3) is 0.588. The smallest absolute Gasteiger partial charge is 0.306 e. The Morgan fingerprint density at radius 3 is 1.04 bits per heavy atom. The van der Waals surface area contributed by atoms with E-state index in [1.54, 1.807) is 0 Å². The SMILES string of the molecule is CC/C=C\C/C=C\C/C=C\C/C=C\C/C=C\C/C=C\C/C=C\CCCCCC(=O)OC(COC(=O)CCCCCCCCCCCC/C=C\C/C=C\C/C=C\C/C=C\C/C=C\C/C=C\CC)COP(=O)([O-])OCC[N+](C)(C)C. The van der Waals surface area contributed by atoms with Crippen LogP contribution in [0.2, 0.25) is 0 Å². The number of likely N-dealkylation sites (N-methyl/N-ethyl adjacent to an activating group) is 1. The van der Waals surface area contributed by atoms with Crippen LogP contribution < -0.4 is 4.89 Å². The maximum Gasteiger partial charge on any atom is 0.306 e. The highest BCUT2D eigenvalue weighted by molar-refractivity contribution is 7.45. The second-order valence-corrected chi connectivity index (χ2v) is 22.0. The molecule has 0 N–H and O–H groups in total. The van der Waals surface area contributed by atoms with Crippen LogP contribution in [0.3, 0.4) is 0 Å². The summed E-state index contributed by atoms with van der Waals surface area (Å²) in [6.45, 7) is 3.94. The Morgan fingerprint density at radius 1 is 0.397 bits per heavy atom. The quantitative estimate of drug-likeness (QED) is 0.0195. The molecule has 0 aromatic carbocycles. The minimum Gasteiger partial charge on any atom is -0.756 e. The lowest BCUT2D eigenvalue weighted by Crippen LogP contribution is -2.37. The van der Waals surface area contributed by atoms with Gasteiger partial charge >= 0.3 is 11.9 Å². The number of allylic oxidation sites excluding steroid dienone is 26. The number of esters is 2. The Kier molecular flexibility index (Phi) is 54.1. The molecule has 440 valence electrons. The standard InChI is InChI=1S/C68H110NO8P/c1-6-8-10-12-14-16-18-20-22-24-26-28-30-32-33-34-35-37-38-40-42-44-46-48-50-52-54-56-58-60-67(70)74-64-66(65-76-78(72,73)75-63-62-69(3,4)5)77-68(71)61-59-57-55-53-51-49-47-45-43-41-39-36-31-29-27-25-23-21-19-17-15-13-11-9-7-2/h8-11,14-17,20-23,26-29,32-33,35-37,39,43,45,49,51,66H,6-7,12-13,18-19,24-25,30-31,34,38,40-42,44,46-48,50,52-65H2,1-5H3/b10-8-,11-9-,16-14-,17-15-,22-20-,23-21-,28-26-,29-27-,33-32-,37-35-,39-36-,45-43-,51-49-. The Hall–Kier alpha value is -4.37. The van der Waals surface area contributed by atoms with Gasteiger partial charge in [0.1, 0.15) is 19.8 Å². The highest BCUT2D eigenvalue weighted by Gasteiger charge is 2.21. The van der Waals surface area contributed by atoms with Crippen LogP contribution in [0.25, 0.3) is 0 Å². The number of quaternary nitrogens is 1. The number of rotatable bonds is 53. The van der Waals surface area contributed by atoms with Gasteiger partial charge in [-0.2, -0.15) is 0 Å². The normalized spacial score (nSPS) is 14.4. The van der Waals surface area contributed by atoms with Gasteiger partial charge in [0.15, 0.2) is 6.10 Å². The Balaban J connectivity index is 4.27. The molecule has 0 amide bonds. The molecule has 0 aromatic rings. The van der Waals surface area contributed by atoms with E-state index in [-0.39, 0.29) is 26.1 Å². The molecule has 0 heterocycles. The molecule has 0 aromatic heterocycles. The largest absolute Gasteiger partial charge is 0.756 e. The first kappa shape index (κ1) is 73.6. The van der Waals surface area contributed by atoms with Crippen molar-refractivity contribution >= 4 is 19.8 Å². The van der Waals surface area contributed by atoms with E-state index in [4.69, 9.17) is 18.5 Å². The molecule has 9 nitrogen and oxygen atoms in total. The van der Waals surface area contributed by atoms with Crippen LogP contribution in [0.1, 0.15) is 206 Å². The summed E-state index contributed by atoms with van der Waals surface area (Å²) in [6, 6.07) is 0. The van der Waals surface area contributed by atoms with Crippen molar-refractivity contribution in [1.29, 1.82) is 0 Å². The zero-order valence-corrected chi connectivity index (χ0v) is 50.7.